The van der Waals surface area contributed by atoms with E-state index in [0.717, 1.165) is 22.4 Å². The minimum Gasteiger partial charge on any atom is -0.320 e. The lowest BCUT2D eigenvalue weighted by Crippen LogP contribution is -2.12. The Bertz CT molecular complexity index is 892. The summed E-state index contributed by atoms with van der Waals surface area (Å²) in [4.78, 5) is 4.60. The molecule has 0 saturated heterocycles. The molecule has 2 N–H and O–H groups in total. The van der Waals surface area contributed by atoms with Gasteiger partial charge in [0.05, 0.1) is 23.4 Å². The van der Waals surface area contributed by atoms with E-state index >= 15 is 0 Å². The van der Waals surface area contributed by atoms with E-state index in [1.54, 1.807) is 6.07 Å². The fourth-order valence-corrected chi connectivity index (χ4v) is 2.53. The Morgan fingerprint density at radius 3 is 2.46 bits per heavy atom. The van der Waals surface area contributed by atoms with Crippen LogP contribution in [0, 0.1) is 11.3 Å². The highest BCUT2D eigenvalue weighted by atomic mass is 14.7. The van der Waals surface area contributed by atoms with E-state index in [1.165, 1.54) is 0 Å². The van der Waals surface area contributed by atoms with E-state index in [4.69, 9.17) is 11.0 Å². The maximum absolute atomic E-state index is 9.06. The average molecular weight is 311 g/mol. The highest BCUT2D eigenvalue weighted by Crippen LogP contribution is 2.28. The van der Waals surface area contributed by atoms with Gasteiger partial charge in [-0.3, -0.25) is 4.99 Å². The molecule has 0 radical (unpaired) electrons. The maximum atomic E-state index is 9.06. The van der Waals surface area contributed by atoms with Crippen LogP contribution in [-0.4, -0.2) is 6.21 Å². The van der Waals surface area contributed by atoms with Crippen LogP contribution in [0.3, 0.4) is 0 Å². The van der Waals surface area contributed by atoms with Crippen molar-refractivity contribution >= 4 is 11.9 Å². The quantitative estimate of drug-likeness (QED) is 0.728. The molecule has 0 heterocycles. The lowest BCUT2D eigenvalue weighted by molar-refractivity contribution is 0.871. The molecule has 3 aromatic rings. The fraction of sp³-hybridized carbons (Fsp3) is 0.0476. The van der Waals surface area contributed by atoms with Crippen molar-refractivity contribution < 1.29 is 0 Å². The van der Waals surface area contributed by atoms with Gasteiger partial charge in [0, 0.05) is 6.21 Å². The molecule has 0 fully saturated rings. The number of rotatable bonds is 4. The molecule has 0 aromatic heterocycles. The van der Waals surface area contributed by atoms with Crippen molar-refractivity contribution in [2.24, 2.45) is 10.7 Å². The number of hydrogen-bond donors (Lipinski definition) is 1. The molecule has 116 valence electrons. The van der Waals surface area contributed by atoms with Gasteiger partial charge in [0.15, 0.2) is 0 Å². The fourth-order valence-electron chi connectivity index (χ4n) is 2.53. The van der Waals surface area contributed by atoms with Crippen molar-refractivity contribution in [2.75, 3.05) is 0 Å². The van der Waals surface area contributed by atoms with Crippen molar-refractivity contribution in [3.63, 3.8) is 0 Å². The van der Waals surface area contributed by atoms with Crippen LogP contribution < -0.4 is 5.73 Å². The SMILES string of the molecule is N#Cc1cccc(C(N)c2ccccc2/N=C/c2ccccc2)c1. The van der Waals surface area contributed by atoms with Crippen molar-refractivity contribution in [2.45, 2.75) is 6.04 Å². The van der Waals surface area contributed by atoms with Crippen LogP contribution in [0.1, 0.15) is 28.3 Å². The summed E-state index contributed by atoms with van der Waals surface area (Å²) < 4.78 is 0. The second-order valence-electron chi connectivity index (χ2n) is 5.44. The minimum absolute atomic E-state index is 0.331. The predicted molar refractivity (Wildman–Crippen MR) is 97.3 cm³/mol. The minimum atomic E-state index is -0.331. The zero-order valence-corrected chi connectivity index (χ0v) is 13.1. The highest BCUT2D eigenvalue weighted by molar-refractivity contribution is 5.82. The average Bonchev–Trinajstić information content (AvgIpc) is 2.67. The van der Waals surface area contributed by atoms with Crippen LogP contribution in [0.15, 0.2) is 83.9 Å². The summed E-state index contributed by atoms with van der Waals surface area (Å²) in [6.07, 6.45) is 1.83. The molecule has 0 saturated carbocycles. The first-order valence-electron chi connectivity index (χ1n) is 7.71. The predicted octanol–water partition coefficient (Wildman–Crippen LogP) is 4.36. The van der Waals surface area contributed by atoms with Gasteiger partial charge in [-0.2, -0.15) is 5.26 Å². The molecule has 0 aliphatic heterocycles. The van der Waals surface area contributed by atoms with Crippen LogP contribution in [0.4, 0.5) is 5.69 Å². The number of nitrogens with zero attached hydrogens (tertiary/aromatic N) is 2. The molecule has 3 heteroatoms. The van der Waals surface area contributed by atoms with Gasteiger partial charge in [-0.25, -0.2) is 0 Å². The molecule has 24 heavy (non-hydrogen) atoms. The first-order chi connectivity index (χ1) is 11.8. The molecule has 0 spiro atoms. The van der Waals surface area contributed by atoms with E-state index in [2.05, 4.69) is 11.1 Å². The third-order valence-electron chi connectivity index (χ3n) is 3.80. The molecule has 3 rings (SSSR count). The van der Waals surface area contributed by atoms with Crippen molar-refractivity contribution in [3.8, 4) is 6.07 Å². The van der Waals surface area contributed by atoms with Gasteiger partial charge < -0.3 is 5.73 Å². The smallest absolute Gasteiger partial charge is 0.0991 e. The van der Waals surface area contributed by atoms with E-state index < -0.39 is 0 Å². The van der Waals surface area contributed by atoms with Crippen LogP contribution in [-0.2, 0) is 0 Å². The topological polar surface area (TPSA) is 62.2 Å². The molecule has 3 aromatic carbocycles. The summed E-state index contributed by atoms with van der Waals surface area (Å²) in [5.74, 6) is 0. The van der Waals surface area contributed by atoms with Crippen LogP contribution in [0.5, 0.6) is 0 Å². The Kier molecular flexibility index (Phi) is 4.81. The Morgan fingerprint density at radius 2 is 1.67 bits per heavy atom. The maximum Gasteiger partial charge on any atom is 0.0991 e. The molecular formula is C21H17N3. The van der Waals surface area contributed by atoms with E-state index in [0.29, 0.717) is 5.56 Å². The third kappa shape index (κ3) is 3.57. The molecule has 1 unspecified atom stereocenters. The number of hydrogen-bond acceptors (Lipinski definition) is 3. The Hall–Kier alpha value is -3.22. The number of para-hydroxylation sites is 1. The van der Waals surface area contributed by atoms with E-state index in [9.17, 15) is 0 Å². The third-order valence-corrected chi connectivity index (χ3v) is 3.80. The Morgan fingerprint density at radius 1 is 0.917 bits per heavy atom. The molecule has 3 nitrogen and oxygen atoms in total. The van der Waals surface area contributed by atoms with Gasteiger partial charge in [0.1, 0.15) is 0 Å². The number of aliphatic imine (C=N–C) groups is 1. The first-order valence-corrected chi connectivity index (χ1v) is 7.71. The lowest BCUT2D eigenvalue weighted by Gasteiger charge is -2.15. The Balaban J connectivity index is 1.94. The van der Waals surface area contributed by atoms with Crippen LogP contribution in [0.2, 0.25) is 0 Å². The van der Waals surface area contributed by atoms with Gasteiger partial charge in [0.2, 0.25) is 0 Å². The van der Waals surface area contributed by atoms with E-state index in [-0.39, 0.29) is 6.04 Å². The summed E-state index contributed by atoms with van der Waals surface area (Å²) in [6, 6.07) is 27.0. The largest absolute Gasteiger partial charge is 0.320 e. The van der Waals surface area contributed by atoms with Crippen LogP contribution >= 0.6 is 0 Å². The Labute approximate surface area is 141 Å². The molecule has 0 amide bonds. The molecule has 0 aliphatic carbocycles. The van der Waals surface area contributed by atoms with Crippen LogP contribution in [0.25, 0.3) is 0 Å². The van der Waals surface area contributed by atoms with Gasteiger partial charge in [-0.15, -0.1) is 0 Å². The zero-order valence-electron chi connectivity index (χ0n) is 13.1. The standard InChI is InChI=1S/C21H17N3/c22-14-17-9-6-10-18(13-17)21(23)19-11-4-5-12-20(19)24-15-16-7-2-1-3-8-16/h1-13,15,21H,23H2/b24-15+. The summed E-state index contributed by atoms with van der Waals surface area (Å²) in [6.45, 7) is 0. The number of nitrogens with two attached hydrogens (primary N) is 1. The summed E-state index contributed by atoms with van der Waals surface area (Å²) >= 11 is 0. The summed E-state index contributed by atoms with van der Waals surface area (Å²) in [5.41, 5.74) is 10.7. The van der Waals surface area contributed by atoms with Gasteiger partial charge in [-0.1, -0.05) is 60.7 Å². The molecule has 0 bridgehead atoms. The lowest BCUT2D eigenvalue weighted by atomic mass is 9.97. The van der Waals surface area contributed by atoms with Gasteiger partial charge >= 0.3 is 0 Å². The number of benzene rings is 3. The van der Waals surface area contributed by atoms with Gasteiger partial charge in [0.25, 0.3) is 0 Å². The molecule has 0 aliphatic rings. The van der Waals surface area contributed by atoms with Crippen molar-refractivity contribution in [1.82, 2.24) is 0 Å². The molecular weight excluding hydrogens is 294 g/mol. The van der Waals surface area contributed by atoms with E-state index in [1.807, 2.05) is 79.0 Å². The zero-order chi connectivity index (χ0) is 16.8. The van der Waals surface area contributed by atoms with Gasteiger partial charge in [-0.05, 0) is 34.9 Å². The second kappa shape index (κ2) is 7.36. The molecule has 1 atom stereocenters. The first kappa shape index (κ1) is 15.7. The summed E-state index contributed by atoms with van der Waals surface area (Å²) in [7, 11) is 0. The van der Waals surface area contributed by atoms with Crippen molar-refractivity contribution in [1.29, 1.82) is 5.26 Å². The van der Waals surface area contributed by atoms with Crippen molar-refractivity contribution in [3.05, 3.63) is 101 Å². The summed E-state index contributed by atoms with van der Waals surface area (Å²) in [5, 5.41) is 9.06. The normalized spacial score (nSPS) is 12.0. The highest BCUT2D eigenvalue weighted by Gasteiger charge is 2.13. The second-order valence-corrected chi connectivity index (χ2v) is 5.44. The number of nitriles is 1. The monoisotopic (exact) mass is 311 g/mol.